The summed E-state index contributed by atoms with van der Waals surface area (Å²) in [7, 11) is 0. The van der Waals surface area contributed by atoms with E-state index >= 15 is 0 Å². The zero-order valence-electron chi connectivity index (χ0n) is 8.46. The standard InChI is InChI=1S/C9H8ClN3O2S2/c10-9-13-12-8(17-9)7(15)11-3-6(14)5-1-2-16-4-5/h1-2,4,6,14H,3H2,(H,11,15). The van der Waals surface area contributed by atoms with Crippen LogP contribution in [0, 0.1) is 0 Å². The summed E-state index contributed by atoms with van der Waals surface area (Å²) < 4.78 is 0.216. The summed E-state index contributed by atoms with van der Waals surface area (Å²) in [4.78, 5) is 11.6. The summed E-state index contributed by atoms with van der Waals surface area (Å²) in [6.07, 6.45) is -0.714. The maximum Gasteiger partial charge on any atom is 0.282 e. The molecule has 0 aliphatic rings. The van der Waals surface area contributed by atoms with Gasteiger partial charge < -0.3 is 10.4 Å². The van der Waals surface area contributed by atoms with Crippen molar-refractivity contribution in [3.63, 3.8) is 0 Å². The average Bonchev–Trinajstić information content (AvgIpc) is 2.95. The number of nitrogens with zero attached hydrogens (tertiary/aromatic N) is 2. The van der Waals surface area contributed by atoms with E-state index in [4.69, 9.17) is 11.6 Å². The van der Waals surface area contributed by atoms with Crippen LogP contribution in [0.25, 0.3) is 0 Å². The second-order valence-electron chi connectivity index (χ2n) is 3.14. The van der Waals surface area contributed by atoms with Gasteiger partial charge in [0, 0.05) is 6.54 Å². The number of halogens is 1. The van der Waals surface area contributed by atoms with Crippen molar-refractivity contribution in [1.82, 2.24) is 15.5 Å². The molecular formula is C9H8ClN3O2S2. The fourth-order valence-electron chi connectivity index (χ4n) is 1.14. The van der Waals surface area contributed by atoms with E-state index in [-0.39, 0.29) is 21.9 Å². The van der Waals surface area contributed by atoms with Gasteiger partial charge in [-0.15, -0.1) is 10.2 Å². The highest BCUT2D eigenvalue weighted by Gasteiger charge is 2.14. The van der Waals surface area contributed by atoms with Crippen LogP contribution in [0.2, 0.25) is 4.47 Å². The minimum Gasteiger partial charge on any atom is -0.387 e. The Bertz CT molecular complexity index is 500. The molecule has 2 aromatic rings. The van der Waals surface area contributed by atoms with Gasteiger partial charge in [-0.3, -0.25) is 4.79 Å². The molecule has 0 bridgehead atoms. The third-order valence-corrected chi connectivity index (χ3v) is 3.70. The summed E-state index contributed by atoms with van der Waals surface area (Å²) in [5.74, 6) is -0.385. The van der Waals surface area contributed by atoms with E-state index in [1.54, 1.807) is 0 Å². The highest BCUT2D eigenvalue weighted by molar-refractivity contribution is 7.17. The van der Waals surface area contributed by atoms with E-state index in [9.17, 15) is 9.90 Å². The molecule has 0 spiro atoms. The Morgan fingerprint density at radius 1 is 1.59 bits per heavy atom. The molecule has 0 aliphatic heterocycles. The second-order valence-corrected chi connectivity index (χ2v) is 5.48. The first-order valence-electron chi connectivity index (χ1n) is 4.64. The van der Waals surface area contributed by atoms with Crippen LogP contribution in [0.3, 0.4) is 0 Å². The molecule has 1 unspecified atom stereocenters. The topological polar surface area (TPSA) is 75.1 Å². The smallest absolute Gasteiger partial charge is 0.282 e. The molecule has 0 fully saturated rings. The van der Waals surface area contributed by atoms with Crippen molar-refractivity contribution in [2.45, 2.75) is 6.10 Å². The quantitative estimate of drug-likeness (QED) is 0.898. The molecule has 90 valence electrons. The molecule has 17 heavy (non-hydrogen) atoms. The molecule has 2 heterocycles. The van der Waals surface area contributed by atoms with Gasteiger partial charge in [-0.25, -0.2) is 0 Å². The molecule has 5 nitrogen and oxygen atoms in total. The molecule has 8 heteroatoms. The zero-order chi connectivity index (χ0) is 12.3. The van der Waals surface area contributed by atoms with E-state index in [2.05, 4.69) is 15.5 Å². The summed E-state index contributed by atoms with van der Waals surface area (Å²) in [6.45, 7) is 0.132. The maximum atomic E-state index is 11.6. The molecule has 2 aromatic heterocycles. The van der Waals surface area contributed by atoms with Gasteiger partial charge in [0.2, 0.25) is 9.47 Å². The second kappa shape index (κ2) is 5.54. The number of aromatic nitrogens is 2. The summed E-state index contributed by atoms with van der Waals surface area (Å²) in [5, 5.41) is 23.3. The monoisotopic (exact) mass is 289 g/mol. The third kappa shape index (κ3) is 3.22. The van der Waals surface area contributed by atoms with Crippen molar-refractivity contribution < 1.29 is 9.90 Å². The lowest BCUT2D eigenvalue weighted by Gasteiger charge is -2.08. The zero-order valence-corrected chi connectivity index (χ0v) is 10.8. The Kier molecular flexibility index (Phi) is 4.06. The minimum absolute atomic E-state index is 0.132. The fraction of sp³-hybridized carbons (Fsp3) is 0.222. The molecule has 0 aromatic carbocycles. The Labute approximate surface area is 110 Å². The van der Waals surface area contributed by atoms with Gasteiger partial charge in [0.15, 0.2) is 0 Å². The summed E-state index contributed by atoms with van der Waals surface area (Å²) >= 11 is 8.05. The number of thiophene rings is 1. The number of rotatable bonds is 4. The third-order valence-electron chi connectivity index (χ3n) is 1.98. The van der Waals surface area contributed by atoms with Gasteiger partial charge in [0.25, 0.3) is 5.91 Å². The first-order valence-corrected chi connectivity index (χ1v) is 6.78. The number of nitrogens with one attached hydrogen (secondary N) is 1. The number of carbonyl (C=O) groups is 1. The van der Waals surface area contributed by atoms with Gasteiger partial charge >= 0.3 is 0 Å². The predicted octanol–water partition coefficient (Wildman–Crippen LogP) is 1.72. The highest BCUT2D eigenvalue weighted by Crippen LogP contribution is 2.16. The molecular weight excluding hydrogens is 282 g/mol. The maximum absolute atomic E-state index is 11.6. The Balaban J connectivity index is 1.88. The largest absolute Gasteiger partial charge is 0.387 e. The van der Waals surface area contributed by atoms with Crippen LogP contribution in [0.15, 0.2) is 16.8 Å². The van der Waals surface area contributed by atoms with Crippen LogP contribution < -0.4 is 5.32 Å². The first-order chi connectivity index (χ1) is 8.16. The van der Waals surface area contributed by atoms with Crippen molar-refractivity contribution >= 4 is 40.2 Å². The molecule has 0 aliphatic carbocycles. The first kappa shape index (κ1) is 12.4. The van der Waals surface area contributed by atoms with Crippen LogP contribution in [0.1, 0.15) is 21.5 Å². The van der Waals surface area contributed by atoms with Crippen LogP contribution in [-0.2, 0) is 0 Å². The van der Waals surface area contributed by atoms with Gasteiger partial charge in [-0.1, -0.05) is 11.3 Å². The molecule has 0 radical (unpaired) electrons. The summed E-state index contributed by atoms with van der Waals surface area (Å²) in [6, 6.07) is 1.81. The molecule has 2 N–H and O–H groups in total. The molecule has 0 saturated heterocycles. The number of hydrogen-bond donors (Lipinski definition) is 2. The number of carbonyl (C=O) groups excluding carboxylic acids is 1. The van der Waals surface area contributed by atoms with Gasteiger partial charge in [0.05, 0.1) is 6.10 Å². The molecule has 1 atom stereocenters. The lowest BCUT2D eigenvalue weighted by atomic mass is 10.2. The lowest BCUT2D eigenvalue weighted by molar-refractivity contribution is 0.0915. The van der Waals surface area contributed by atoms with E-state index in [1.807, 2.05) is 16.8 Å². The Morgan fingerprint density at radius 3 is 3.00 bits per heavy atom. The van der Waals surface area contributed by atoms with Crippen molar-refractivity contribution in [3.8, 4) is 0 Å². The van der Waals surface area contributed by atoms with Gasteiger partial charge in [-0.05, 0) is 34.0 Å². The predicted molar refractivity (Wildman–Crippen MR) is 66.5 cm³/mol. The Morgan fingerprint density at radius 2 is 2.41 bits per heavy atom. The van der Waals surface area contributed by atoms with Crippen LogP contribution in [0.5, 0.6) is 0 Å². The summed E-state index contributed by atoms with van der Waals surface area (Å²) in [5.41, 5.74) is 0.783. The molecule has 1 amide bonds. The van der Waals surface area contributed by atoms with Crippen molar-refractivity contribution in [1.29, 1.82) is 0 Å². The van der Waals surface area contributed by atoms with Crippen LogP contribution in [-0.4, -0.2) is 27.8 Å². The number of aliphatic hydroxyl groups is 1. The van der Waals surface area contributed by atoms with E-state index in [0.717, 1.165) is 16.9 Å². The van der Waals surface area contributed by atoms with Crippen molar-refractivity contribution in [2.75, 3.05) is 6.54 Å². The van der Waals surface area contributed by atoms with Crippen LogP contribution in [0.4, 0.5) is 0 Å². The lowest BCUT2D eigenvalue weighted by Crippen LogP contribution is -2.28. The SMILES string of the molecule is O=C(NCC(O)c1ccsc1)c1nnc(Cl)s1. The number of aliphatic hydroxyl groups excluding tert-OH is 1. The van der Waals surface area contributed by atoms with E-state index in [1.165, 1.54) is 11.3 Å². The van der Waals surface area contributed by atoms with Gasteiger partial charge in [-0.2, -0.15) is 11.3 Å². The van der Waals surface area contributed by atoms with Crippen LogP contribution >= 0.6 is 34.3 Å². The number of amides is 1. The fourth-order valence-corrected chi connectivity index (χ4v) is 2.60. The number of hydrogen-bond acceptors (Lipinski definition) is 6. The normalized spacial score (nSPS) is 12.4. The van der Waals surface area contributed by atoms with E-state index in [0.29, 0.717) is 0 Å². The van der Waals surface area contributed by atoms with E-state index < -0.39 is 6.10 Å². The van der Waals surface area contributed by atoms with Gasteiger partial charge in [0.1, 0.15) is 0 Å². The minimum atomic E-state index is -0.714. The average molecular weight is 290 g/mol. The molecule has 0 saturated carbocycles. The van der Waals surface area contributed by atoms with Crippen molar-refractivity contribution in [3.05, 3.63) is 31.9 Å². The molecule has 2 rings (SSSR count). The van der Waals surface area contributed by atoms with Crippen molar-refractivity contribution in [2.24, 2.45) is 0 Å². The highest BCUT2D eigenvalue weighted by atomic mass is 35.5. The Hall–Kier alpha value is -1.02.